The lowest BCUT2D eigenvalue weighted by atomic mass is 9.48. The average Bonchev–Trinajstić information content (AvgIpc) is 2.53. The van der Waals surface area contributed by atoms with Gasteiger partial charge in [-0.2, -0.15) is 0 Å². The van der Waals surface area contributed by atoms with E-state index in [2.05, 4.69) is 12.2 Å². The quantitative estimate of drug-likeness (QED) is 0.886. The topological polar surface area (TPSA) is 66.4 Å². The Morgan fingerprint density at radius 3 is 2.04 bits per heavy atom. The van der Waals surface area contributed by atoms with Gasteiger partial charge < -0.3 is 10.4 Å². The summed E-state index contributed by atoms with van der Waals surface area (Å²) in [6.45, 7) is 2.12. The molecule has 0 unspecified atom stereocenters. The Kier molecular flexibility index (Phi) is 3.66. The van der Waals surface area contributed by atoms with Crippen LogP contribution in [0.5, 0.6) is 0 Å². The van der Waals surface area contributed by atoms with Gasteiger partial charge in [-0.3, -0.25) is 4.79 Å². The van der Waals surface area contributed by atoms with Gasteiger partial charge in [0.05, 0.1) is 11.1 Å². The number of carboxylic acids is 1. The molecule has 4 aliphatic rings. The maximum absolute atomic E-state index is 12.7. The van der Waals surface area contributed by atoms with Crippen molar-refractivity contribution in [2.24, 2.45) is 23.2 Å². The van der Waals surface area contributed by atoms with E-state index in [0.717, 1.165) is 17.8 Å². The summed E-state index contributed by atoms with van der Waals surface area (Å²) in [4.78, 5) is 24.1. The summed E-state index contributed by atoms with van der Waals surface area (Å²) in [6, 6.07) is 6.57. The zero-order valence-corrected chi connectivity index (χ0v) is 14.1. The van der Waals surface area contributed by atoms with Gasteiger partial charge in [0, 0.05) is 6.04 Å². The van der Waals surface area contributed by atoms with E-state index in [1.165, 1.54) is 44.6 Å². The maximum Gasteiger partial charge on any atom is 0.336 e. The summed E-state index contributed by atoms with van der Waals surface area (Å²) < 4.78 is 0. The predicted octanol–water partition coefficient (Wildman–Crippen LogP) is 3.72. The predicted molar refractivity (Wildman–Crippen MR) is 90.9 cm³/mol. The summed E-state index contributed by atoms with van der Waals surface area (Å²) in [5.74, 6) is 1.20. The smallest absolute Gasteiger partial charge is 0.336 e. The van der Waals surface area contributed by atoms with E-state index in [9.17, 15) is 14.7 Å². The number of amides is 1. The molecule has 0 radical (unpaired) electrons. The zero-order chi connectivity index (χ0) is 16.9. The van der Waals surface area contributed by atoms with Gasteiger partial charge in [-0.05, 0) is 80.8 Å². The van der Waals surface area contributed by atoms with E-state index in [-0.39, 0.29) is 28.5 Å². The van der Waals surface area contributed by atoms with Crippen LogP contribution in [0.4, 0.5) is 0 Å². The van der Waals surface area contributed by atoms with Gasteiger partial charge in [0.1, 0.15) is 0 Å². The fourth-order valence-corrected chi connectivity index (χ4v) is 6.00. The standard InChI is InChI=1S/C20H25NO3/c1-12(20-9-13-6-14(10-20)8-15(7-13)11-20)21-18(22)16-4-2-3-5-17(16)19(23)24/h2-5,12-15H,6-11H2,1H3,(H,21,22)(H,23,24)/t12-,13?,14?,15?,20?/m1/s1. The highest BCUT2D eigenvalue weighted by atomic mass is 16.4. The molecule has 1 atom stereocenters. The molecule has 128 valence electrons. The first-order valence-corrected chi connectivity index (χ1v) is 9.10. The van der Waals surface area contributed by atoms with Crippen molar-refractivity contribution >= 4 is 11.9 Å². The van der Waals surface area contributed by atoms with Gasteiger partial charge in [0.2, 0.25) is 0 Å². The first-order valence-electron chi connectivity index (χ1n) is 9.10. The lowest BCUT2D eigenvalue weighted by Gasteiger charge is -2.59. The Hall–Kier alpha value is -1.84. The highest BCUT2D eigenvalue weighted by molar-refractivity contribution is 6.04. The van der Waals surface area contributed by atoms with Crippen LogP contribution in [-0.4, -0.2) is 23.0 Å². The lowest BCUT2D eigenvalue weighted by Crippen LogP contribution is -2.55. The number of nitrogens with one attached hydrogen (secondary N) is 1. The molecule has 4 bridgehead atoms. The fraction of sp³-hybridized carbons (Fsp3) is 0.600. The number of benzene rings is 1. The third kappa shape index (κ3) is 2.52. The van der Waals surface area contributed by atoms with E-state index in [4.69, 9.17) is 0 Å². The maximum atomic E-state index is 12.7. The molecule has 24 heavy (non-hydrogen) atoms. The number of hydrogen-bond donors (Lipinski definition) is 2. The van der Waals surface area contributed by atoms with Crippen LogP contribution in [0, 0.1) is 23.2 Å². The molecule has 1 aromatic carbocycles. The fourth-order valence-electron chi connectivity index (χ4n) is 6.00. The number of carboxylic acid groups (broad SMARTS) is 1. The molecule has 2 N–H and O–H groups in total. The Labute approximate surface area is 142 Å². The highest BCUT2D eigenvalue weighted by Gasteiger charge is 2.53. The molecule has 0 spiro atoms. The Bertz CT molecular complexity index is 646. The third-order valence-electron chi connectivity index (χ3n) is 6.75. The van der Waals surface area contributed by atoms with Crippen LogP contribution < -0.4 is 5.32 Å². The van der Waals surface area contributed by atoms with E-state index in [1.807, 2.05) is 0 Å². The van der Waals surface area contributed by atoms with Gasteiger partial charge in [0.25, 0.3) is 5.91 Å². The van der Waals surface area contributed by atoms with Gasteiger partial charge in [0.15, 0.2) is 0 Å². The molecule has 4 nitrogen and oxygen atoms in total. The molecule has 1 amide bonds. The zero-order valence-electron chi connectivity index (χ0n) is 14.1. The largest absolute Gasteiger partial charge is 0.478 e. The normalized spacial score (nSPS) is 34.8. The summed E-state index contributed by atoms with van der Waals surface area (Å²) >= 11 is 0. The molecule has 0 aromatic heterocycles. The lowest BCUT2D eigenvalue weighted by molar-refractivity contribution is -0.0688. The Morgan fingerprint density at radius 1 is 1.04 bits per heavy atom. The Balaban J connectivity index is 1.53. The van der Waals surface area contributed by atoms with Crippen LogP contribution in [0.1, 0.15) is 66.2 Å². The van der Waals surface area contributed by atoms with Crippen LogP contribution in [-0.2, 0) is 0 Å². The second-order valence-electron chi connectivity index (χ2n) is 8.33. The number of hydrogen-bond acceptors (Lipinski definition) is 2. The molecule has 4 fully saturated rings. The first kappa shape index (κ1) is 15.7. The average molecular weight is 327 g/mol. The molecule has 0 saturated heterocycles. The number of rotatable bonds is 4. The molecule has 4 aliphatic carbocycles. The summed E-state index contributed by atoms with van der Waals surface area (Å²) in [5, 5.41) is 12.4. The molecular weight excluding hydrogens is 302 g/mol. The minimum atomic E-state index is -1.05. The van der Waals surface area contributed by atoms with Crippen LogP contribution >= 0.6 is 0 Å². The van der Waals surface area contributed by atoms with E-state index >= 15 is 0 Å². The highest BCUT2D eigenvalue weighted by Crippen LogP contribution is 2.61. The summed E-state index contributed by atoms with van der Waals surface area (Å²) in [7, 11) is 0. The van der Waals surface area contributed by atoms with Crippen molar-refractivity contribution in [2.75, 3.05) is 0 Å². The summed E-state index contributed by atoms with van der Waals surface area (Å²) in [5.41, 5.74) is 0.567. The number of aromatic carboxylic acids is 1. The van der Waals surface area contributed by atoms with Crippen molar-refractivity contribution < 1.29 is 14.7 Å². The van der Waals surface area contributed by atoms with Gasteiger partial charge in [-0.1, -0.05) is 12.1 Å². The first-order chi connectivity index (χ1) is 11.5. The second kappa shape index (κ2) is 5.61. The SMILES string of the molecule is C[C@@H](NC(=O)c1ccccc1C(=O)O)C12CC3CC(CC(C3)C1)C2. The molecular formula is C20H25NO3. The van der Waals surface area contributed by atoms with Crippen molar-refractivity contribution in [3.63, 3.8) is 0 Å². The van der Waals surface area contributed by atoms with Crippen molar-refractivity contribution in [1.29, 1.82) is 0 Å². The molecule has 4 saturated carbocycles. The number of carbonyl (C=O) groups excluding carboxylic acids is 1. The number of carbonyl (C=O) groups is 2. The van der Waals surface area contributed by atoms with Crippen molar-refractivity contribution in [2.45, 2.75) is 51.5 Å². The third-order valence-corrected chi connectivity index (χ3v) is 6.75. The monoisotopic (exact) mass is 327 g/mol. The molecule has 4 heteroatoms. The minimum Gasteiger partial charge on any atom is -0.478 e. The van der Waals surface area contributed by atoms with E-state index in [0.29, 0.717) is 0 Å². The molecule has 1 aromatic rings. The van der Waals surface area contributed by atoms with Crippen molar-refractivity contribution in [3.05, 3.63) is 35.4 Å². The molecule has 0 aliphatic heterocycles. The van der Waals surface area contributed by atoms with Crippen LogP contribution in [0.2, 0.25) is 0 Å². The molecule has 5 rings (SSSR count). The van der Waals surface area contributed by atoms with Crippen molar-refractivity contribution in [3.8, 4) is 0 Å². The van der Waals surface area contributed by atoms with Gasteiger partial charge in [-0.25, -0.2) is 4.79 Å². The van der Waals surface area contributed by atoms with E-state index in [1.54, 1.807) is 18.2 Å². The summed E-state index contributed by atoms with van der Waals surface area (Å²) in [6.07, 6.45) is 7.80. The molecule has 0 heterocycles. The van der Waals surface area contributed by atoms with Crippen molar-refractivity contribution in [1.82, 2.24) is 5.32 Å². The van der Waals surface area contributed by atoms with E-state index < -0.39 is 5.97 Å². The Morgan fingerprint density at radius 2 is 1.54 bits per heavy atom. The van der Waals surface area contributed by atoms with Crippen LogP contribution in [0.25, 0.3) is 0 Å². The van der Waals surface area contributed by atoms with Crippen LogP contribution in [0.3, 0.4) is 0 Å². The minimum absolute atomic E-state index is 0.0766. The van der Waals surface area contributed by atoms with Gasteiger partial charge in [-0.15, -0.1) is 0 Å². The second-order valence-corrected chi connectivity index (χ2v) is 8.33. The van der Waals surface area contributed by atoms with Crippen LogP contribution in [0.15, 0.2) is 24.3 Å². The van der Waals surface area contributed by atoms with Gasteiger partial charge >= 0.3 is 5.97 Å².